The van der Waals surface area contributed by atoms with E-state index in [9.17, 15) is 9.90 Å². The van der Waals surface area contributed by atoms with E-state index in [0.717, 1.165) is 84.5 Å². The van der Waals surface area contributed by atoms with Crippen molar-refractivity contribution in [3.05, 3.63) is 11.6 Å². The van der Waals surface area contributed by atoms with E-state index in [1.165, 1.54) is 6.42 Å². The first-order valence-corrected chi connectivity index (χ1v) is 18.6. The molecule has 0 amide bonds. The molecular formula is C39H65NO5. The van der Waals surface area contributed by atoms with E-state index in [0.29, 0.717) is 29.6 Å². The van der Waals surface area contributed by atoms with Crippen molar-refractivity contribution in [3.63, 3.8) is 0 Å². The van der Waals surface area contributed by atoms with E-state index < -0.39 is 5.97 Å². The van der Waals surface area contributed by atoms with Gasteiger partial charge in [0.05, 0.1) is 31.8 Å². The smallest absolute Gasteiger partial charge is 0.307 e. The first kappa shape index (κ1) is 33.9. The van der Waals surface area contributed by atoms with E-state index in [1.807, 2.05) is 0 Å². The summed E-state index contributed by atoms with van der Waals surface area (Å²) in [5.41, 5.74) is 1.10. The summed E-state index contributed by atoms with van der Waals surface area (Å²) in [6.07, 6.45) is 11.2. The Morgan fingerprint density at radius 1 is 1.02 bits per heavy atom. The van der Waals surface area contributed by atoms with Crippen LogP contribution in [0.2, 0.25) is 0 Å². The third-order valence-corrected chi connectivity index (χ3v) is 15.9. The van der Waals surface area contributed by atoms with E-state index >= 15 is 0 Å². The van der Waals surface area contributed by atoms with Crippen LogP contribution < -0.4 is 5.32 Å². The van der Waals surface area contributed by atoms with Gasteiger partial charge in [-0.3, -0.25) is 4.79 Å². The summed E-state index contributed by atoms with van der Waals surface area (Å²) in [6.45, 7) is 26.0. The third-order valence-electron chi connectivity index (χ3n) is 15.9. The van der Waals surface area contributed by atoms with Crippen molar-refractivity contribution in [2.75, 3.05) is 39.6 Å². The van der Waals surface area contributed by atoms with Crippen LogP contribution in [0.5, 0.6) is 0 Å². The lowest BCUT2D eigenvalue weighted by Crippen LogP contribution is -2.69. The number of hydrogen-bond acceptors (Lipinski definition) is 5. The van der Waals surface area contributed by atoms with Gasteiger partial charge in [-0.05, 0) is 104 Å². The fraction of sp³-hybridized carbons (Fsp3) is 0.923. The first-order chi connectivity index (χ1) is 21.1. The number of carbonyl (C=O) groups is 1. The number of carboxylic acids is 1. The number of carboxylic acid groups (broad SMARTS) is 1. The largest absolute Gasteiger partial charge is 0.481 e. The minimum absolute atomic E-state index is 0.00102. The van der Waals surface area contributed by atoms with Gasteiger partial charge in [-0.1, -0.05) is 74.0 Å². The van der Waals surface area contributed by atoms with Crippen LogP contribution in [-0.2, 0) is 19.0 Å². The van der Waals surface area contributed by atoms with Crippen molar-refractivity contribution in [2.24, 2.45) is 62.6 Å². The van der Waals surface area contributed by atoms with Gasteiger partial charge in [-0.2, -0.15) is 0 Å². The number of ether oxygens (including phenoxy) is 3. The molecule has 2 heterocycles. The van der Waals surface area contributed by atoms with Crippen molar-refractivity contribution in [3.8, 4) is 0 Å². The van der Waals surface area contributed by atoms with Crippen LogP contribution in [0.15, 0.2) is 11.6 Å². The van der Waals surface area contributed by atoms with E-state index in [-0.39, 0.29) is 44.6 Å². The summed E-state index contributed by atoms with van der Waals surface area (Å²) < 4.78 is 19.5. The second kappa shape index (κ2) is 11.6. The van der Waals surface area contributed by atoms with Gasteiger partial charge in [-0.15, -0.1) is 0 Å². The van der Waals surface area contributed by atoms with Gasteiger partial charge in [0.1, 0.15) is 0 Å². The molecule has 3 saturated carbocycles. The molecule has 45 heavy (non-hydrogen) atoms. The van der Waals surface area contributed by atoms with Crippen LogP contribution in [0.25, 0.3) is 0 Å². The van der Waals surface area contributed by atoms with Crippen LogP contribution in [0.1, 0.15) is 114 Å². The van der Waals surface area contributed by atoms with Crippen molar-refractivity contribution >= 4 is 5.97 Å². The Hall–Kier alpha value is -0.950. The minimum atomic E-state index is -0.582. The monoisotopic (exact) mass is 627 g/mol. The zero-order valence-electron chi connectivity index (χ0n) is 30.1. The maximum atomic E-state index is 13.4. The quantitative estimate of drug-likeness (QED) is 0.268. The molecule has 6 heteroatoms. The molecule has 2 bridgehead atoms. The Kier molecular flexibility index (Phi) is 8.74. The fourth-order valence-corrected chi connectivity index (χ4v) is 13.1. The molecule has 2 aliphatic heterocycles. The SMILES string of the molecule is CCNC1(CO[C@H]2[C@H](C)C[C@@]34COC[C@]2(C)[C@@H]3CC[C@H]2C4=CC[C@@]3(C)[C@H](C(=O)O)[C@@](C)([C@H](C)C(C)C)CC[C@]23C)CCOCC1. The van der Waals surface area contributed by atoms with Gasteiger partial charge in [0.2, 0.25) is 0 Å². The molecule has 0 spiro atoms. The Balaban J connectivity index is 1.33. The maximum Gasteiger partial charge on any atom is 0.307 e. The Labute approximate surface area is 274 Å². The maximum absolute atomic E-state index is 13.4. The van der Waals surface area contributed by atoms with E-state index in [1.54, 1.807) is 5.57 Å². The van der Waals surface area contributed by atoms with Crippen LogP contribution >= 0.6 is 0 Å². The van der Waals surface area contributed by atoms with Gasteiger partial charge in [-0.25, -0.2) is 0 Å². The fourth-order valence-electron chi connectivity index (χ4n) is 13.1. The second-order valence-electron chi connectivity index (χ2n) is 18.2. The van der Waals surface area contributed by atoms with Gasteiger partial charge in [0, 0.05) is 29.6 Å². The van der Waals surface area contributed by atoms with Gasteiger partial charge in [0.15, 0.2) is 0 Å². The summed E-state index contributed by atoms with van der Waals surface area (Å²) >= 11 is 0. The molecule has 6 aliphatic rings. The average molecular weight is 628 g/mol. The zero-order valence-corrected chi connectivity index (χ0v) is 30.1. The highest BCUT2D eigenvalue weighted by molar-refractivity contribution is 5.73. The van der Waals surface area contributed by atoms with Crippen molar-refractivity contribution in [1.29, 1.82) is 0 Å². The predicted octanol–water partition coefficient (Wildman–Crippen LogP) is 7.75. The van der Waals surface area contributed by atoms with Crippen molar-refractivity contribution in [1.82, 2.24) is 5.32 Å². The number of hydrogen-bond donors (Lipinski definition) is 2. The highest BCUT2D eigenvalue weighted by Gasteiger charge is 2.71. The van der Waals surface area contributed by atoms with Gasteiger partial charge >= 0.3 is 5.97 Å². The highest BCUT2D eigenvalue weighted by atomic mass is 16.5. The number of allylic oxidation sites excluding steroid dienone is 1. The van der Waals surface area contributed by atoms with E-state index in [4.69, 9.17) is 14.2 Å². The molecule has 11 atom stereocenters. The molecule has 2 saturated heterocycles. The number of fused-ring (bicyclic) bond motifs is 3. The molecule has 0 aromatic rings. The molecule has 6 rings (SSSR count). The lowest BCUT2D eigenvalue weighted by molar-refractivity contribution is -0.254. The van der Waals surface area contributed by atoms with Crippen LogP contribution in [-0.4, -0.2) is 62.3 Å². The number of rotatable bonds is 8. The molecule has 256 valence electrons. The predicted molar refractivity (Wildman–Crippen MR) is 179 cm³/mol. The number of likely N-dealkylation sites (N-methyl/N-ethyl adjacent to an activating group) is 1. The molecule has 6 nitrogen and oxygen atoms in total. The highest BCUT2D eigenvalue weighted by Crippen LogP contribution is 2.75. The molecule has 0 aromatic heterocycles. The Morgan fingerprint density at radius 3 is 2.38 bits per heavy atom. The summed E-state index contributed by atoms with van der Waals surface area (Å²) in [4.78, 5) is 13.4. The number of nitrogens with one attached hydrogen (secondary N) is 1. The summed E-state index contributed by atoms with van der Waals surface area (Å²) in [6, 6.07) is 0. The molecule has 0 unspecified atom stereocenters. The summed E-state index contributed by atoms with van der Waals surface area (Å²) in [5.74, 6) is 1.28. The van der Waals surface area contributed by atoms with Crippen LogP contribution in [0.4, 0.5) is 0 Å². The van der Waals surface area contributed by atoms with E-state index in [2.05, 4.69) is 73.7 Å². The van der Waals surface area contributed by atoms with Gasteiger partial charge in [0.25, 0.3) is 0 Å². The Bertz CT molecular complexity index is 1160. The first-order valence-electron chi connectivity index (χ1n) is 18.6. The topological polar surface area (TPSA) is 77.0 Å². The zero-order chi connectivity index (χ0) is 32.6. The molecule has 4 aliphatic carbocycles. The van der Waals surface area contributed by atoms with Crippen LogP contribution in [0.3, 0.4) is 0 Å². The molecule has 0 aromatic carbocycles. The minimum Gasteiger partial charge on any atom is -0.481 e. The molecule has 0 radical (unpaired) electrons. The normalized spacial score (nSPS) is 48.0. The van der Waals surface area contributed by atoms with Crippen molar-refractivity contribution < 1.29 is 24.1 Å². The average Bonchev–Trinajstić information content (AvgIpc) is 2.97. The lowest BCUT2D eigenvalue weighted by atomic mass is 9.34. The Morgan fingerprint density at radius 2 is 1.73 bits per heavy atom. The third kappa shape index (κ3) is 4.79. The standard InChI is InChI=1S/C39H65NO5/c1-10-40-38(17-19-43-20-18-38)23-45-32-26(4)21-39-24-44-22-35(32,7)30(39)12-11-28-29(39)13-14-37(9)31(33(41)42)34(6,27(5)25(2)3)15-16-36(28,37)8/h13,25-28,30-32,40H,10-12,14-24H2,1-9H3,(H,41,42)/t26-,27-,28+,30+,31-,32+,34-,35-,36-,37+,39+/m1/s1. The van der Waals surface area contributed by atoms with Crippen LogP contribution in [0, 0.1) is 62.6 Å². The lowest BCUT2D eigenvalue weighted by Gasteiger charge is -2.71. The second-order valence-corrected chi connectivity index (χ2v) is 18.2. The molecular weight excluding hydrogens is 562 g/mol. The summed E-state index contributed by atoms with van der Waals surface area (Å²) in [7, 11) is 0. The van der Waals surface area contributed by atoms with Crippen molar-refractivity contribution in [2.45, 2.75) is 125 Å². The van der Waals surface area contributed by atoms with Gasteiger partial charge < -0.3 is 24.6 Å². The summed E-state index contributed by atoms with van der Waals surface area (Å²) in [5, 5.41) is 14.8. The number of aliphatic carboxylic acids is 1. The molecule has 2 N–H and O–H groups in total. The molecule has 5 fully saturated rings.